The van der Waals surface area contributed by atoms with E-state index in [0.717, 1.165) is 43.0 Å². The van der Waals surface area contributed by atoms with Crippen molar-refractivity contribution < 1.29 is 4.79 Å². The van der Waals surface area contributed by atoms with Gasteiger partial charge < -0.3 is 10.6 Å². The van der Waals surface area contributed by atoms with Gasteiger partial charge in [-0.15, -0.1) is 11.3 Å². The van der Waals surface area contributed by atoms with E-state index >= 15 is 0 Å². The summed E-state index contributed by atoms with van der Waals surface area (Å²) in [5, 5.41) is 10.9. The van der Waals surface area contributed by atoms with Gasteiger partial charge in [-0.3, -0.25) is 9.48 Å². The Morgan fingerprint density at radius 2 is 2.22 bits per heavy atom. The van der Waals surface area contributed by atoms with E-state index in [1.54, 1.807) is 11.3 Å². The van der Waals surface area contributed by atoms with Crippen molar-refractivity contribution in [2.45, 2.75) is 51.7 Å². The Kier molecular flexibility index (Phi) is 4.18. The van der Waals surface area contributed by atoms with Crippen molar-refractivity contribution in [3.8, 4) is 0 Å². The van der Waals surface area contributed by atoms with Gasteiger partial charge >= 0.3 is 0 Å². The van der Waals surface area contributed by atoms with Gasteiger partial charge in [0.15, 0.2) is 0 Å². The minimum atomic E-state index is 0.0344. The van der Waals surface area contributed by atoms with Crippen LogP contribution in [-0.4, -0.2) is 22.2 Å². The third kappa shape index (κ3) is 3.19. The topological polar surface area (TPSA) is 59.0 Å². The van der Waals surface area contributed by atoms with Crippen molar-refractivity contribution in [2.24, 2.45) is 0 Å². The number of carbonyl (C=O) groups excluding carboxylic acids is 1. The number of nitrogens with one attached hydrogen (secondary N) is 2. The highest BCUT2D eigenvalue weighted by Crippen LogP contribution is 2.28. The lowest BCUT2D eigenvalue weighted by molar-refractivity contribution is 0.0954. The van der Waals surface area contributed by atoms with E-state index < -0.39 is 0 Å². The first-order chi connectivity index (χ1) is 11.3. The molecule has 0 fully saturated rings. The van der Waals surface area contributed by atoms with Crippen molar-refractivity contribution in [3.05, 3.63) is 38.8 Å². The van der Waals surface area contributed by atoms with E-state index in [9.17, 15) is 4.79 Å². The summed E-state index contributed by atoms with van der Waals surface area (Å²) >= 11 is 1.67. The molecule has 2 aromatic heterocycles. The second-order valence-electron chi connectivity index (χ2n) is 6.33. The normalized spacial score (nSPS) is 17.2. The molecule has 1 amide bonds. The standard InChI is InChI=1S/C17H22N4OS/c22-17(16-8-12-4-2-1-3-5-15(12)23-16)19-10-13-9-14-11-18-6-7-21(14)20-13/h8-9,18H,1-7,10-11H2,(H,19,22). The summed E-state index contributed by atoms with van der Waals surface area (Å²) in [6, 6.07) is 4.18. The molecule has 0 bridgehead atoms. The number of amides is 1. The zero-order valence-electron chi connectivity index (χ0n) is 13.2. The lowest BCUT2D eigenvalue weighted by Crippen LogP contribution is -2.28. The molecule has 3 heterocycles. The minimum absolute atomic E-state index is 0.0344. The fraction of sp³-hybridized carbons (Fsp3) is 0.529. The lowest BCUT2D eigenvalue weighted by atomic mass is 10.1. The number of aryl methyl sites for hydroxylation is 2. The Morgan fingerprint density at radius 3 is 3.13 bits per heavy atom. The average molecular weight is 330 g/mol. The molecule has 0 radical (unpaired) electrons. The van der Waals surface area contributed by atoms with Crippen molar-refractivity contribution in [1.29, 1.82) is 0 Å². The lowest BCUT2D eigenvalue weighted by Gasteiger charge is -2.13. The molecule has 23 heavy (non-hydrogen) atoms. The molecule has 6 heteroatoms. The van der Waals surface area contributed by atoms with Crippen LogP contribution in [-0.2, 0) is 32.5 Å². The summed E-state index contributed by atoms with van der Waals surface area (Å²) in [4.78, 5) is 14.7. The number of rotatable bonds is 3. The Hall–Kier alpha value is -1.66. The third-order valence-electron chi connectivity index (χ3n) is 4.62. The number of nitrogens with zero attached hydrogens (tertiary/aromatic N) is 2. The SMILES string of the molecule is O=C(NCc1cc2n(n1)CCNC2)c1cc2c(s1)CCCCC2. The Bertz CT molecular complexity index is 671. The van der Waals surface area contributed by atoms with Crippen LogP contribution in [0.2, 0.25) is 0 Å². The predicted octanol–water partition coefficient (Wildman–Crippen LogP) is 2.25. The van der Waals surface area contributed by atoms with Crippen LogP contribution in [0, 0.1) is 0 Å². The quantitative estimate of drug-likeness (QED) is 0.849. The van der Waals surface area contributed by atoms with Crippen LogP contribution in [0.25, 0.3) is 0 Å². The van der Waals surface area contributed by atoms with Crippen molar-refractivity contribution in [1.82, 2.24) is 20.4 Å². The molecule has 2 N–H and O–H groups in total. The number of hydrogen-bond donors (Lipinski definition) is 2. The summed E-state index contributed by atoms with van der Waals surface area (Å²) < 4.78 is 2.03. The first-order valence-electron chi connectivity index (χ1n) is 8.46. The fourth-order valence-electron chi connectivity index (χ4n) is 3.38. The highest BCUT2D eigenvalue weighted by atomic mass is 32.1. The molecule has 0 aromatic carbocycles. The van der Waals surface area contributed by atoms with Crippen LogP contribution in [0.5, 0.6) is 0 Å². The molecule has 0 unspecified atom stereocenters. The molecule has 2 aromatic rings. The van der Waals surface area contributed by atoms with E-state index in [-0.39, 0.29) is 5.91 Å². The van der Waals surface area contributed by atoms with Crippen LogP contribution in [0.1, 0.15) is 50.8 Å². The van der Waals surface area contributed by atoms with Gasteiger partial charge in [-0.1, -0.05) is 6.42 Å². The summed E-state index contributed by atoms with van der Waals surface area (Å²) in [5.74, 6) is 0.0344. The van der Waals surface area contributed by atoms with Gasteiger partial charge in [-0.05, 0) is 43.4 Å². The molecule has 0 atom stereocenters. The fourth-order valence-corrected chi connectivity index (χ4v) is 4.55. The van der Waals surface area contributed by atoms with Gasteiger partial charge in [-0.25, -0.2) is 0 Å². The number of hydrogen-bond acceptors (Lipinski definition) is 4. The maximum absolute atomic E-state index is 12.4. The monoisotopic (exact) mass is 330 g/mol. The molecular formula is C17H22N4OS. The molecule has 0 spiro atoms. The van der Waals surface area contributed by atoms with E-state index in [2.05, 4.69) is 27.9 Å². The zero-order chi connectivity index (χ0) is 15.6. The van der Waals surface area contributed by atoms with Crippen molar-refractivity contribution >= 4 is 17.2 Å². The molecular weight excluding hydrogens is 308 g/mol. The maximum Gasteiger partial charge on any atom is 0.261 e. The number of aromatic nitrogens is 2. The molecule has 5 nitrogen and oxygen atoms in total. The summed E-state index contributed by atoms with van der Waals surface area (Å²) in [5.41, 5.74) is 3.53. The molecule has 0 saturated heterocycles. The number of fused-ring (bicyclic) bond motifs is 2. The van der Waals surface area contributed by atoms with Crippen molar-refractivity contribution in [3.63, 3.8) is 0 Å². The molecule has 2 aliphatic rings. The summed E-state index contributed by atoms with van der Waals surface area (Å²) in [7, 11) is 0. The minimum Gasteiger partial charge on any atom is -0.346 e. The largest absolute Gasteiger partial charge is 0.346 e. The van der Waals surface area contributed by atoms with Gasteiger partial charge in [0.05, 0.1) is 29.4 Å². The van der Waals surface area contributed by atoms with E-state index in [4.69, 9.17) is 0 Å². The summed E-state index contributed by atoms with van der Waals surface area (Å²) in [6.45, 7) is 3.22. The number of carbonyl (C=O) groups is 1. The smallest absolute Gasteiger partial charge is 0.261 e. The molecule has 1 aliphatic carbocycles. The second kappa shape index (κ2) is 6.45. The highest BCUT2D eigenvalue weighted by Gasteiger charge is 2.17. The van der Waals surface area contributed by atoms with Gasteiger partial charge in [0.1, 0.15) is 0 Å². The zero-order valence-corrected chi connectivity index (χ0v) is 14.0. The Balaban J connectivity index is 1.41. The second-order valence-corrected chi connectivity index (χ2v) is 7.47. The van der Waals surface area contributed by atoms with Crippen LogP contribution in [0.15, 0.2) is 12.1 Å². The first-order valence-corrected chi connectivity index (χ1v) is 9.27. The highest BCUT2D eigenvalue weighted by molar-refractivity contribution is 7.14. The van der Waals surface area contributed by atoms with Crippen LogP contribution in [0.4, 0.5) is 0 Å². The molecule has 0 saturated carbocycles. The van der Waals surface area contributed by atoms with Crippen molar-refractivity contribution in [2.75, 3.05) is 6.54 Å². The predicted molar refractivity (Wildman–Crippen MR) is 90.7 cm³/mol. The molecule has 1 aliphatic heterocycles. The third-order valence-corrected chi connectivity index (χ3v) is 5.86. The molecule has 4 rings (SSSR count). The summed E-state index contributed by atoms with van der Waals surface area (Å²) in [6.07, 6.45) is 6.07. The van der Waals surface area contributed by atoms with Gasteiger partial charge in [0.25, 0.3) is 5.91 Å². The van der Waals surface area contributed by atoms with Gasteiger partial charge in [-0.2, -0.15) is 5.10 Å². The Labute approximate surface area is 140 Å². The van der Waals surface area contributed by atoms with E-state index in [1.807, 2.05) is 4.68 Å². The van der Waals surface area contributed by atoms with E-state index in [1.165, 1.54) is 35.4 Å². The number of thiophene rings is 1. The van der Waals surface area contributed by atoms with E-state index in [0.29, 0.717) is 6.54 Å². The average Bonchev–Trinajstić information content (AvgIpc) is 3.10. The molecule has 122 valence electrons. The van der Waals surface area contributed by atoms with Crippen LogP contribution < -0.4 is 10.6 Å². The van der Waals surface area contributed by atoms with Crippen LogP contribution >= 0.6 is 11.3 Å². The van der Waals surface area contributed by atoms with Gasteiger partial charge in [0, 0.05) is 18.0 Å². The van der Waals surface area contributed by atoms with Crippen LogP contribution in [0.3, 0.4) is 0 Å². The van der Waals surface area contributed by atoms with Gasteiger partial charge in [0.2, 0.25) is 0 Å². The first kappa shape index (κ1) is 14.9. The maximum atomic E-state index is 12.4. The Morgan fingerprint density at radius 1 is 1.30 bits per heavy atom.